The highest BCUT2D eigenvalue weighted by Gasteiger charge is 2.27. The van der Waals surface area contributed by atoms with E-state index in [1.807, 2.05) is 18.2 Å². The van der Waals surface area contributed by atoms with Crippen LogP contribution < -0.4 is 4.90 Å². The molecule has 1 aliphatic heterocycles. The molecule has 1 aliphatic rings. The van der Waals surface area contributed by atoms with Crippen LogP contribution in [0.5, 0.6) is 0 Å². The van der Waals surface area contributed by atoms with E-state index in [2.05, 4.69) is 17.0 Å². The largest absolute Gasteiger partial charge is 0.387 e. The zero-order valence-electron chi connectivity index (χ0n) is 10.0. The van der Waals surface area contributed by atoms with E-state index in [0.29, 0.717) is 0 Å². The van der Waals surface area contributed by atoms with Crippen molar-refractivity contribution in [1.29, 1.82) is 0 Å². The van der Waals surface area contributed by atoms with Gasteiger partial charge in [0.2, 0.25) is 5.91 Å². The number of carbonyl (C=O) groups is 1. The summed E-state index contributed by atoms with van der Waals surface area (Å²) >= 11 is 0. The normalized spacial score (nSPS) is 19.4. The van der Waals surface area contributed by atoms with Crippen molar-refractivity contribution in [2.24, 2.45) is 0 Å². The summed E-state index contributed by atoms with van der Waals surface area (Å²) in [7, 11) is 1.76. The number of nitrogens with zero attached hydrogens (tertiary/aromatic N) is 2. The lowest BCUT2D eigenvalue weighted by atomic mass is 10.2. The topological polar surface area (TPSA) is 43.8 Å². The second-order valence-corrected chi connectivity index (χ2v) is 4.39. The van der Waals surface area contributed by atoms with Crippen LogP contribution in [0.2, 0.25) is 0 Å². The van der Waals surface area contributed by atoms with E-state index in [9.17, 15) is 4.79 Å². The van der Waals surface area contributed by atoms with Gasteiger partial charge in [0.1, 0.15) is 6.61 Å². The van der Waals surface area contributed by atoms with Gasteiger partial charge in [-0.05, 0) is 18.6 Å². The molecule has 4 nitrogen and oxygen atoms in total. The summed E-state index contributed by atoms with van der Waals surface area (Å²) in [5.74, 6) is -0.204. The Hall–Kier alpha value is -1.55. The van der Waals surface area contributed by atoms with Gasteiger partial charge in [-0.1, -0.05) is 18.2 Å². The van der Waals surface area contributed by atoms with Gasteiger partial charge in [0.05, 0.1) is 6.04 Å². The van der Waals surface area contributed by atoms with Crippen LogP contribution >= 0.6 is 0 Å². The minimum atomic E-state index is -0.404. The molecule has 1 heterocycles. The Morgan fingerprint density at radius 1 is 1.47 bits per heavy atom. The Morgan fingerprint density at radius 2 is 2.18 bits per heavy atom. The van der Waals surface area contributed by atoms with Crippen molar-refractivity contribution >= 4 is 11.6 Å². The number of likely N-dealkylation sites (N-methyl/N-ethyl adjacent to an activating group) is 1. The summed E-state index contributed by atoms with van der Waals surface area (Å²) in [5.41, 5.74) is 1.19. The van der Waals surface area contributed by atoms with Crippen molar-refractivity contribution in [1.82, 2.24) is 4.90 Å². The van der Waals surface area contributed by atoms with Gasteiger partial charge in [-0.3, -0.25) is 4.79 Å². The molecule has 0 spiro atoms. The molecular weight excluding hydrogens is 216 g/mol. The van der Waals surface area contributed by atoms with E-state index in [0.717, 1.165) is 19.5 Å². The van der Waals surface area contributed by atoms with E-state index < -0.39 is 6.61 Å². The van der Waals surface area contributed by atoms with Crippen LogP contribution in [0.3, 0.4) is 0 Å². The van der Waals surface area contributed by atoms with E-state index in [4.69, 9.17) is 5.11 Å². The number of benzene rings is 1. The number of aliphatic hydroxyl groups excluding tert-OH is 1. The van der Waals surface area contributed by atoms with Gasteiger partial charge in [-0.25, -0.2) is 0 Å². The summed E-state index contributed by atoms with van der Waals surface area (Å²) < 4.78 is 0. The number of amides is 1. The van der Waals surface area contributed by atoms with E-state index in [1.54, 1.807) is 11.9 Å². The van der Waals surface area contributed by atoms with Crippen molar-refractivity contribution in [2.45, 2.75) is 12.5 Å². The summed E-state index contributed by atoms with van der Waals surface area (Å²) in [4.78, 5) is 15.3. The van der Waals surface area contributed by atoms with Crippen LogP contribution in [0.15, 0.2) is 30.3 Å². The average molecular weight is 234 g/mol. The highest BCUT2D eigenvalue weighted by atomic mass is 16.3. The smallest absolute Gasteiger partial charge is 0.248 e. The van der Waals surface area contributed by atoms with Crippen LogP contribution in [0.25, 0.3) is 0 Å². The lowest BCUT2D eigenvalue weighted by Gasteiger charge is -2.24. The SMILES string of the molecule is CN(C(=O)CO)C1CCN(c2ccccc2)C1. The Balaban J connectivity index is 1.98. The molecular formula is C13H18N2O2. The van der Waals surface area contributed by atoms with E-state index in [1.165, 1.54) is 5.69 Å². The van der Waals surface area contributed by atoms with Gasteiger partial charge in [-0.15, -0.1) is 0 Å². The van der Waals surface area contributed by atoms with Gasteiger partial charge in [0, 0.05) is 25.8 Å². The standard InChI is InChI=1S/C13H18N2O2/c1-14(13(17)10-16)12-7-8-15(9-12)11-5-3-2-4-6-11/h2-6,12,16H,7-10H2,1H3. The molecule has 0 saturated carbocycles. The van der Waals surface area contributed by atoms with Crippen LogP contribution in [0, 0.1) is 0 Å². The van der Waals surface area contributed by atoms with Gasteiger partial charge >= 0.3 is 0 Å². The van der Waals surface area contributed by atoms with Crippen molar-refractivity contribution < 1.29 is 9.90 Å². The fourth-order valence-corrected chi connectivity index (χ4v) is 2.25. The number of hydrogen-bond donors (Lipinski definition) is 1. The number of rotatable bonds is 3. The molecule has 1 aromatic carbocycles. The number of para-hydroxylation sites is 1. The fourth-order valence-electron chi connectivity index (χ4n) is 2.25. The molecule has 2 rings (SSSR count). The maximum Gasteiger partial charge on any atom is 0.248 e. The molecule has 1 saturated heterocycles. The molecule has 92 valence electrons. The van der Waals surface area contributed by atoms with Gasteiger partial charge in [0.25, 0.3) is 0 Å². The predicted octanol–water partition coefficient (Wildman–Crippen LogP) is 0.716. The Labute approximate surface area is 101 Å². The van der Waals surface area contributed by atoms with Gasteiger partial charge < -0.3 is 14.9 Å². The fraction of sp³-hybridized carbons (Fsp3) is 0.462. The summed E-state index contributed by atoms with van der Waals surface area (Å²) in [6, 6.07) is 10.4. The molecule has 1 N–H and O–H groups in total. The third-order valence-corrected chi connectivity index (χ3v) is 3.36. The van der Waals surface area contributed by atoms with Crippen molar-refractivity contribution in [3.05, 3.63) is 30.3 Å². The predicted molar refractivity (Wildman–Crippen MR) is 66.9 cm³/mol. The second kappa shape index (κ2) is 5.19. The zero-order chi connectivity index (χ0) is 12.3. The molecule has 1 aromatic rings. The molecule has 17 heavy (non-hydrogen) atoms. The van der Waals surface area contributed by atoms with E-state index >= 15 is 0 Å². The molecule has 0 bridgehead atoms. The molecule has 0 radical (unpaired) electrons. The minimum Gasteiger partial charge on any atom is -0.387 e. The van der Waals surface area contributed by atoms with Crippen LogP contribution in [0.4, 0.5) is 5.69 Å². The average Bonchev–Trinajstić information content (AvgIpc) is 2.87. The maximum absolute atomic E-state index is 11.4. The maximum atomic E-state index is 11.4. The third-order valence-electron chi connectivity index (χ3n) is 3.36. The summed E-state index contributed by atoms with van der Waals surface area (Å²) in [5, 5.41) is 8.84. The van der Waals surface area contributed by atoms with Crippen molar-refractivity contribution in [2.75, 3.05) is 31.6 Å². The first-order valence-electron chi connectivity index (χ1n) is 5.89. The molecule has 1 fully saturated rings. The number of carbonyl (C=O) groups excluding carboxylic acids is 1. The van der Waals surface area contributed by atoms with Crippen LogP contribution in [-0.2, 0) is 4.79 Å². The van der Waals surface area contributed by atoms with Gasteiger partial charge in [-0.2, -0.15) is 0 Å². The number of anilines is 1. The number of aliphatic hydroxyl groups is 1. The molecule has 4 heteroatoms. The lowest BCUT2D eigenvalue weighted by molar-refractivity contribution is -0.134. The number of hydrogen-bond acceptors (Lipinski definition) is 3. The highest BCUT2D eigenvalue weighted by molar-refractivity contribution is 5.77. The molecule has 1 atom stereocenters. The first-order chi connectivity index (χ1) is 8.22. The molecule has 1 unspecified atom stereocenters. The Morgan fingerprint density at radius 3 is 2.82 bits per heavy atom. The van der Waals surface area contributed by atoms with Crippen LogP contribution in [-0.4, -0.2) is 48.7 Å². The molecule has 1 amide bonds. The van der Waals surface area contributed by atoms with Crippen molar-refractivity contribution in [3.63, 3.8) is 0 Å². The molecule has 0 aliphatic carbocycles. The quantitative estimate of drug-likeness (QED) is 0.838. The van der Waals surface area contributed by atoms with Crippen molar-refractivity contribution in [3.8, 4) is 0 Å². The first kappa shape index (κ1) is 11.9. The first-order valence-corrected chi connectivity index (χ1v) is 5.89. The van der Waals surface area contributed by atoms with Crippen LogP contribution in [0.1, 0.15) is 6.42 Å². The zero-order valence-corrected chi connectivity index (χ0v) is 10.0. The van der Waals surface area contributed by atoms with E-state index in [-0.39, 0.29) is 11.9 Å². The summed E-state index contributed by atoms with van der Waals surface area (Å²) in [6.07, 6.45) is 0.955. The lowest BCUT2D eigenvalue weighted by Crippen LogP contribution is -2.40. The molecule has 0 aromatic heterocycles. The Bertz CT molecular complexity index is 380. The van der Waals surface area contributed by atoms with Gasteiger partial charge in [0.15, 0.2) is 0 Å². The minimum absolute atomic E-state index is 0.204. The monoisotopic (exact) mass is 234 g/mol. The second-order valence-electron chi connectivity index (χ2n) is 4.39. The summed E-state index contributed by atoms with van der Waals surface area (Å²) in [6.45, 7) is 1.39. The third kappa shape index (κ3) is 2.58. The highest BCUT2D eigenvalue weighted by Crippen LogP contribution is 2.22. The Kier molecular flexibility index (Phi) is 3.64.